The lowest BCUT2D eigenvalue weighted by atomic mass is 10.1. The van der Waals surface area contributed by atoms with Crippen LogP contribution in [0.4, 0.5) is 0 Å². The zero-order valence-corrected chi connectivity index (χ0v) is 9.90. The lowest BCUT2D eigenvalue weighted by Gasteiger charge is -2.11. The number of nitrogens with one attached hydrogen (secondary N) is 1. The first-order valence-corrected chi connectivity index (χ1v) is 5.24. The monoisotopic (exact) mass is 236 g/mol. The van der Waals surface area contributed by atoms with Crippen LogP contribution >= 0.6 is 0 Å². The van der Waals surface area contributed by atoms with Crippen LogP contribution in [0.15, 0.2) is 24.3 Å². The minimum Gasteiger partial charge on any atom is -0.468 e. The second-order valence-electron chi connectivity index (χ2n) is 3.69. The molecule has 1 aromatic carbocycles. The van der Waals surface area contributed by atoms with Crippen molar-refractivity contribution in [2.45, 2.75) is 19.5 Å². The van der Waals surface area contributed by atoms with E-state index in [4.69, 9.17) is 5.73 Å². The fourth-order valence-electron chi connectivity index (χ4n) is 1.32. The maximum atomic E-state index is 11.1. The predicted molar refractivity (Wildman–Crippen MR) is 63.3 cm³/mol. The molecule has 3 N–H and O–H groups in total. The molecule has 0 aliphatic heterocycles. The molecule has 1 aromatic rings. The molecular formula is C12H16N2O3. The standard InChI is InChI=1S/C12H16N2O3/c1-8(12(16)17-2)14-7-9-3-5-10(6-4-9)11(13)15/h3-6,8,14H,7H2,1-2H3,(H2,13,15)/t8-/m0/s1. The first-order chi connectivity index (χ1) is 8.04. The number of primary amides is 1. The number of carbonyl (C=O) groups is 2. The topological polar surface area (TPSA) is 81.4 Å². The van der Waals surface area contributed by atoms with E-state index in [1.807, 2.05) is 0 Å². The van der Waals surface area contributed by atoms with Gasteiger partial charge in [-0.3, -0.25) is 9.59 Å². The zero-order chi connectivity index (χ0) is 12.8. The lowest BCUT2D eigenvalue weighted by molar-refractivity contribution is -0.142. The van der Waals surface area contributed by atoms with Crippen molar-refractivity contribution in [3.63, 3.8) is 0 Å². The van der Waals surface area contributed by atoms with Crippen LogP contribution in [0.5, 0.6) is 0 Å². The lowest BCUT2D eigenvalue weighted by Crippen LogP contribution is -2.34. The van der Waals surface area contributed by atoms with Gasteiger partial charge >= 0.3 is 5.97 Å². The van der Waals surface area contributed by atoms with Gasteiger partial charge in [-0.15, -0.1) is 0 Å². The summed E-state index contributed by atoms with van der Waals surface area (Å²) in [6.07, 6.45) is 0. The summed E-state index contributed by atoms with van der Waals surface area (Å²) in [5.41, 5.74) is 6.56. The highest BCUT2D eigenvalue weighted by molar-refractivity contribution is 5.92. The van der Waals surface area contributed by atoms with E-state index < -0.39 is 5.91 Å². The van der Waals surface area contributed by atoms with Gasteiger partial charge in [0.25, 0.3) is 0 Å². The number of rotatable bonds is 5. The van der Waals surface area contributed by atoms with Crippen molar-refractivity contribution in [1.82, 2.24) is 5.32 Å². The molecular weight excluding hydrogens is 220 g/mol. The third kappa shape index (κ3) is 3.88. The van der Waals surface area contributed by atoms with Crippen LogP contribution in [0.25, 0.3) is 0 Å². The molecule has 1 atom stereocenters. The summed E-state index contributed by atoms with van der Waals surface area (Å²) in [5, 5.41) is 3.01. The molecule has 1 rings (SSSR count). The highest BCUT2D eigenvalue weighted by Gasteiger charge is 2.11. The van der Waals surface area contributed by atoms with Crippen LogP contribution < -0.4 is 11.1 Å². The normalized spacial score (nSPS) is 11.9. The van der Waals surface area contributed by atoms with E-state index in [0.717, 1.165) is 5.56 Å². The summed E-state index contributed by atoms with van der Waals surface area (Å²) in [6, 6.07) is 6.52. The summed E-state index contributed by atoms with van der Waals surface area (Å²) < 4.78 is 4.59. The molecule has 0 saturated heterocycles. The number of benzene rings is 1. The minimum absolute atomic E-state index is 0.307. The van der Waals surface area contributed by atoms with Crippen molar-refractivity contribution < 1.29 is 14.3 Å². The van der Waals surface area contributed by atoms with Gasteiger partial charge in [-0.2, -0.15) is 0 Å². The molecule has 0 unspecified atom stereocenters. The van der Waals surface area contributed by atoms with Crippen LogP contribution in [-0.4, -0.2) is 25.0 Å². The molecule has 0 fully saturated rings. The third-order valence-electron chi connectivity index (χ3n) is 2.41. The molecule has 5 nitrogen and oxygen atoms in total. The van der Waals surface area contributed by atoms with Crippen molar-refractivity contribution in [3.8, 4) is 0 Å². The number of hydrogen-bond acceptors (Lipinski definition) is 4. The first-order valence-electron chi connectivity index (χ1n) is 5.24. The molecule has 0 bridgehead atoms. The van der Waals surface area contributed by atoms with Crippen LogP contribution in [0.3, 0.4) is 0 Å². The van der Waals surface area contributed by atoms with Crippen molar-refractivity contribution in [1.29, 1.82) is 0 Å². The summed E-state index contributed by atoms with van der Waals surface area (Å²) >= 11 is 0. The van der Waals surface area contributed by atoms with E-state index in [1.165, 1.54) is 7.11 Å². The van der Waals surface area contributed by atoms with Gasteiger partial charge in [-0.05, 0) is 24.6 Å². The van der Waals surface area contributed by atoms with Crippen LogP contribution in [-0.2, 0) is 16.1 Å². The van der Waals surface area contributed by atoms with E-state index in [2.05, 4.69) is 10.1 Å². The third-order valence-corrected chi connectivity index (χ3v) is 2.41. The van der Waals surface area contributed by atoms with Crippen LogP contribution in [0.1, 0.15) is 22.8 Å². The van der Waals surface area contributed by atoms with Gasteiger partial charge < -0.3 is 15.8 Å². The Morgan fingerprint density at radius 3 is 2.41 bits per heavy atom. The van der Waals surface area contributed by atoms with Crippen LogP contribution in [0.2, 0.25) is 0 Å². The second-order valence-corrected chi connectivity index (χ2v) is 3.69. The van der Waals surface area contributed by atoms with Gasteiger partial charge in [-0.1, -0.05) is 12.1 Å². The smallest absolute Gasteiger partial charge is 0.322 e. The van der Waals surface area contributed by atoms with Gasteiger partial charge in [0.1, 0.15) is 6.04 Å². The predicted octanol–water partition coefficient (Wildman–Crippen LogP) is 0.437. The SMILES string of the molecule is COC(=O)[C@H](C)NCc1ccc(C(N)=O)cc1. The van der Waals surface area contributed by atoms with Crippen LogP contribution in [0, 0.1) is 0 Å². The summed E-state index contributed by atoms with van der Waals surface area (Å²) in [7, 11) is 1.35. The number of hydrogen-bond donors (Lipinski definition) is 2. The van der Waals surface area contributed by atoms with Gasteiger partial charge in [0.2, 0.25) is 5.91 Å². The van der Waals surface area contributed by atoms with Gasteiger partial charge in [-0.25, -0.2) is 0 Å². The van der Waals surface area contributed by atoms with E-state index in [1.54, 1.807) is 31.2 Å². The average molecular weight is 236 g/mol. The first kappa shape index (κ1) is 13.2. The summed E-state index contributed by atoms with van der Waals surface area (Å²) in [4.78, 5) is 22.0. The number of methoxy groups -OCH3 is 1. The molecule has 92 valence electrons. The Hall–Kier alpha value is -1.88. The number of carbonyl (C=O) groups excluding carboxylic acids is 2. The van der Waals surface area contributed by atoms with Gasteiger partial charge in [0, 0.05) is 12.1 Å². The van der Waals surface area contributed by atoms with E-state index in [0.29, 0.717) is 12.1 Å². The van der Waals surface area contributed by atoms with Crippen molar-refractivity contribution in [2.75, 3.05) is 7.11 Å². The summed E-state index contributed by atoms with van der Waals surface area (Å²) in [6.45, 7) is 2.25. The summed E-state index contributed by atoms with van der Waals surface area (Å²) in [5.74, 6) is -0.758. The van der Waals surface area contributed by atoms with Gasteiger partial charge in [0.05, 0.1) is 7.11 Å². The highest BCUT2D eigenvalue weighted by Crippen LogP contribution is 2.04. The number of ether oxygens (including phenoxy) is 1. The molecule has 0 aromatic heterocycles. The molecule has 5 heteroatoms. The Kier molecular flexibility index (Phi) is 4.66. The Morgan fingerprint density at radius 2 is 1.94 bits per heavy atom. The largest absolute Gasteiger partial charge is 0.468 e. The second kappa shape index (κ2) is 6.00. The maximum absolute atomic E-state index is 11.1. The fraction of sp³-hybridized carbons (Fsp3) is 0.333. The molecule has 0 aliphatic carbocycles. The molecule has 0 saturated carbocycles. The number of nitrogens with two attached hydrogens (primary N) is 1. The van der Waals surface area contributed by atoms with Crippen molar-refractivity contribution in [2.24, 2.45) is 5.73 Å². The molecule has 0 spiro atoms. The Balaban J connectivity index is 2.53. The maximum Gasteiger partial charge on any atom is 0.322 e. The van der Waals surface area contributed by atoms with E-state index in [9.17, 15) is 9.59 Å². The van der Waals surface area contributed by atoms with E-state index >= 15 is 0 Å². The molecule has 17 heavy (non-hydrogen) atoms. The molecule has 0 radical (unpaired) electrons. The number of amides is 1. The Labute approximate surface area is 99.9 Å². The fourth-order valence-corrected chi connectivity index (χ4v) is 1.32. The van der Waals surface area contributed by atoms with E-state index in [-0.39, 0.29) is 12.0 Å². The Morgan fingerprint density at radius 1 is 1.35 bits per heavy atom. The van der Waals surface area contributed by atoms with Crippen molar-refractivity contribution in [3.05, 3.63) is 35.4 Å². The van der Waals surface area contributed by atoms with Gasteiger partial charge in [0.15, 0.2) is 0 Å². The minimum atomic E-state index is -0.451. The van der Waals surface area contributed by atoms with Crippen molar-refractivity contribution >= 4 is 11.9 Å². The highest BCUT2D eigenvalue weighted by atomic mass is 16.5. The zero-order valence-electron chi connectivity index (χ0n) is 9.90. The number of esters is 1. The quantitative estimate of drug-likeness (QED) is 0.727. The average Bonchev–Trinajstić information content (AvgIpc) is 2.35. The molecule has 1 amide bonds. The molecule has 0 heterocycles. The Bertz CT molecular complexity index is 401. The molecule has 0 aliphatic rings.